The standard InChI is InChI=1S/C17H22F2N6/c1-20-17(21-7-4-13-10-14(18)2-3-15(13)19)25-8-5-12(6-9-25)16-22-11-23-24-16/h2-3,10-12H,4-9H2,1H3,(H,20,21)(H,22,23,24). The number of benzene rings is 1. The van der Waals surface area contributed by atoms with Crippen molar-refractivity contribution in [2.45, 2.75) is 25.2 Å². The third-order valence-corrected chi connectivity index (χ3v) is 4.51. The zero-order valence-corrected chi connectivity index (χ0v) is 14.2. The zero-order valence-electron chi connectivity index (χ0n) is 14.2. The predicted octanol–water partition coefficient (Wildman–Crippen LogP) is 2.08. The highest BCUT2D eigenvalue weighted by Crippen LogP contribution is 2.24. The van der Waals surface area contributed by atoms with E-state index >= 15 is 0 Å². The molecule has 1 aliphatic rings. The molecule has 1 saturated heterocycles. The van der Waals surface area contributed by atoms with Gasteiger partial charge in [0.05, 0.1) is 0 Å². The molecular formula is C17H22F2N6. The lowest BCUT2D eigenvalue weighted by molar-refractivity contribution is 0.299. The number of aromatic amines is 1. The summed E-state index contributed by atoms with van der Waals surface area (Å²) in [6.45, 7) is 2.22. The molecule has 0 bridgehead atoms. The second kappa shape index (κ2) is 8.04. The first-order valence-corrected chi connectivity index (χ1v) is 8.42. The maximum absolute atomic E-state index is 13.7. The number of hydrogen-bond donors (Lipinski definition) is 2. The van der Waals surface area contributed by atoms with Gasteiger partial charge in [-0.2, -0.15) is 5.10 Å². The second-order valence-corrected chi connectivity index (χ2v) is 6.09. The van der Waals surface area contributed by atoms with E-state index in [4.69, 9.17) is 0 Å². The number of aromatic nitrogens is 3. The van der Waals surface area contributed by atoms with Gasteiger partial charge in [0.2, 0.25) is 0 Å². The Kier molecular flexibility index (Phi) is 5.57. The van der Waals surface area contributed by atoms with Crippen molar-refractivity contribution in [3.63, 3.8) is 0 Å². The Balaban J connectivity index is 1.49. The van der Waals surface area contributed by atoms with E-state index in [1.54, 1.807) is 7.05 Å². The SMILES string of the molecule is CN=C(NCCc1cc(F)ccc1F)N1CCC(c2ncn[nH]2)CC1. The van der Waals surface area contributed by atoms with Gasteiger partial charge in [0.15, 0.2) is 5.96 Å². The van der Waals surface area contributed by atoms with E-state index in [0.29, 0.717) is 24.4 Å². The van der Waals surface area contributed by atoms with Crippen molar-refractivity contribution in [2.75, 3.05) is 26.7 Å². The molecule has 25 heavy (non-hydrogen) atoms. The summed E-state index contributed by atoms with van der Waals surface area (Å²) >= 11 is 0. The minimum atomic E-state index is -0.421. The number of aliphatic imine (C=N–C) groups is 1. The van der Waals surface area contributed by atoms with Crippen LogP contribution in [0.5, 0.6) is 0 Å². The van der Waals surface area contributed by atoms with Crippen LogP contribution in [0.1, 0.15) is 30.1 Å². The molecule has 0 aliphatic carbocycles. The summed E-state index contributed by atoms with van der Waals surface area (Å²) in [5, 5.41) is 10.1. The van der Waals surface area contributed by atoms with E-state index in [2.05, 4.69) is 30.4 Å². The Hall–Kier alpha value is -2.51. The number of nitrogens with zero attached hydrogens (tertiary/aromatic N) is 4. The third kappa shape index (κ3) is 4.32. The summed E-state index contributed by atoms with van der Waals surface area (Å²) in [5.41, 5.74) is 0.368. The third-order valence-electron chi connectivity index (χ3n) is 4.51. The van der Waals surface area contributed by atoms with Crippen molar-refractivity contribution in [3.05, 3.63) is 47.5 Å². The van der Waals surface area contributed by atoms with Gasteiger partial charge in [-0.15, -0.1) is 0 Å². The zero-order chi connectivity index (χ0) is 17.6. The normalized spacial score (nSPS) is 16.3. The predicted molar refractivity (Wildman–Crippen MR) is 91.4 cm³/mol. The highest BCUT2D eigenvalue weighted by Gasteiger charge is 2.24. The fraction of sp³-hybridized carbons (Fsp3) is 0.471. The molecule has 2 N–H and O–H groups in total. The summed E-state index contributed by atoms with van der Waals surface area (Å²) < 4.78 is 26.9. The van der Waals surface area contributed by atoms with Gasteiger partial charge in [0.1, 0.15) is 23.8 Å². The Morgan fingerprint density at radius 3 is 2.84 bits per heavy atom. The Morgan fingerprint density at radius 1 is 1.36 bits per heavy atom. The summed E-state index contributed by atoms with van der Waals surface area (Å²) in [7, 11) is 1.73. The summed E-state index contributed by atoms with van der Waals surface area (Å²) in [5.74, 6) is 1.30. The molecule has 0 saturated carbocycles. The summed E-state index contributed by atoms with van der Waals surface area (Å²) in [6.07, 6.45) is 3.87. The first-order chi connectivity index (χ1) is 12.2. The van der Waals surface area contributed by atoms with Crippen molar-refractivity contribution in [1.82, 2.24) is 25.4 Å². The molecule has 2 heterocycles. The molecule has 3 rings (SSSR count). The number of likely N-dealkylation sites (tertiary alicyclic amines) is 1. The van der Waals surface area contributed by atoms with Gasteiger partial charge in [0.25, 0.3) is 0 Å². The molecule has 0 unspecified atom stereocenters. The maximum atomic E-state index is 13.7. The van der Waals surface area contributed by atoms with Crippen molar-refractivity contribution < 1.29 is 8.78 Å². The van der Waals surface area contributed by atoms with Crippen molar-refractivity contribution in [2.24, 2.45) is 4.99 Å². The smallest absolute Gasteiger partial charge is 0.193 e. The molecule has 1 aromatic carbocycles. The topological polar surface area (TPSA) is 69.2 Å². The van der Waals surface area contributed by atoms with Crippen molar-refractivity contribution >= 4 is 5.96 Å². The first-order valence-electron chi connectivity index (χ1n) is 8.42. The van der Waals surface area contributed by atoms with Gasteiger partial charge in [-0.25, -0.2) is 13.8 Å². The van der Waals surface area contributed by atoms with Crippen LogP contribution in [0.4, 0.5) is 8.78 Å². The number of hydrogen-bond acceptors (Lipinski definition) is 3. The minimum Gasteiger partial charge on any atom is -0.356 e. The molecule has 6 nitrogen and oxygen atoms in total. The van der Waals surface area contributed by atoms with Crippen LogP contribution in [0.2, 0.25) is 0 Å². The maximum Gasteiger partial charge on any atom is 0.193 e. The number of rotatable bonds is 4. The summed E-state index contributed by atoms with van der Waals surface area (Å²) in [4.78, 5) is 10.7. The van der Waals surface area contributed by atoms with Crippen LogP contribution in [0.15, 0.2) is 29.5 Å². The van der Waals surface area contributed by atoms with E-state index < -0.39 is 5.82 Å². The largest absolute Gasteiger partial charge is 0.356 e. The van der Waals surface area contributed by atoms with E-state index in [-0.39, 0.29) is 5.82 Å². The van der Waals surface area contributed by atoms with Crippen LogP contribution >= 0.6 is 0 Å². The molecule has 0 spiro atoms. The van der Waals surface area contributed by atoms with Crippen LogP contribution in [0.25, 0.3) is 0 Å². The number of halogens is 2. The average Bonchev–Trinajstić information content (AvgIpc) is 3.16. The summed E-state index contributed by atoms with van der Waals surface area (Å²) in [6, 6.07) is 3.53. The number of H-pyrrole nitrogens is 1. The molecule has 8 heteroatoms. The Labute approximate surface area is 145 Å². The lowest BCUT2D eigenvalue weighted by Crippen LogP contribution is -2.45. The Bertz CT molecular complexity index is 708. The molecule has 134 valence electrons. The van der Waals surface area contributed by atoms with Crippen LogP contribution in [0, 0.1) is 11.6 Å². The quantitative estimate of drug-likeness (QED) is 0.656. The fourth-order valence-electron chi connectivity index (χ4n) is 3.15. The van der Waals surface area contributed by atoms with E-state index in [9.17, 15) is 8.78 Å². The number of nitrogens with one attached hydrogen (secondary N) is 2. The lowest BCUT2D eigenvalue weighted by atomic mass is 9.96. The molecule has 1 aromatic heterocycles. The molecule has 1 aliphatic heterocycles. The van der Waals surface area contributed by atoms with Gasteiger partial charge >= 0.3 is 0 Å². The number of piperidine rings is 1. The average molecular weight is 348 g/mol. The highest BCUT2D eigenvalue weighted by molar-refractivity contribution is 5.80. The van der Waals surface area contributed by atoms with Crippen LogP contribution < -0.4 is 5.32 Å². The van der Waals surface area contributed by atoms with Gasteiger partial charge in [-0.1, -0.05) is 0 Å². The van der Waals surface area contributed by atoms with E-state index in [1.807, 2.05) is 0 Å². The lowest BCUT2D eigenvalue weighted by Gasteiger charge is -2.33. The van der Waals surface area contributed by atoms with Crippen molar-refractivity contribution in [1.29, 1.82) is 0 Å². The minimum absolute atomic E-state index is 0.368. The fourth-order valence-corrected chi connectivity index (χ4v) is 3.15. The van der Waals surface area contributed by atoms with Crippen molar-refractivity contribution in [3.8, 4) is 0 Å². The Morgan fingerprint density at radius 2 is 2.16 bits per heavy atom. The second-order valence-electron chi connectivity index (χ2n) is 6.09. The molecule has 2 aromatic rings. The van der Waals surface area contributed by atoms with E-state index in [0.717, 1.165) is 49.8 Å². The van der Waals surface area contributed by atoms with Gasteiger partial charge in [-0.05, 0) is 43.0 Å². The highest BCUT2D eigenvalue weighted by atomic mass is 19.1. The molecular weight excluding hydrogens is 326 g/mol. The molecule has 0 radical (unpaired) electrons. The van der Waals surface area contributed by atoms with Crippen LogP contribution in [-0.2, 0) is 6.42 Å². The molecule has 1 fully saturated rings. The van der Waals surface area contributed by atoms with Gasteiger partial charge in [0, 0.05) is 32.6 Å². The first kappa shape index (κ1) is 17.3. The van der Waals surface area contributed by atoms with Crippen LogP contribution in [0.3, 0.4) is 0 Å². The number of guanidine groups is 1. The monoisotopic (exact) mass is 348 g/mol. The van der Waals surface area contributed by atoms with Gasteiger partial charge < -0.3 is 10.2 Å². The van der Waals surface area contributed by atoms with Crippen LogP contribution in [-0.4, -0.2) is 52.7 Å². The molecule has 0 amide bonds. The van der Waals surface area contributed by atoms with Gasteiger partial charge in [-0.3, -0.25) is 10.1 Å². The van der Waals surface area contributed by atoms with E-state index in [1.165, 1.54) is 12.4 Å². The molecule has 0 atom stereocenters.